The number of alkyl halides is 4. The van der Waals surface area contributed by atoms with E-state index in [0.717, 1.165) is 19.6 Å². The lowest BCUT2D eigenvalue weighted by Crippen LogP contribution is -2.46. The molecule has 106 valence electrons. The Morgan fingerprint density at radius 3 is 1.29 bits per heavy atom. The lowest BCUT2D eigenvalue weighted by Gasteiger charge is -2.31. The molecule has 0 N–H and O–H groups in total. The van der Waals surface area contributed by atoms with Gasteiger partial charge in [0.15, 0.2) is 10.1 Å². The molecule has 0 atom stereocenters. The van der Waals surface area contributed by atoms with Crippen LogP contribution in [0.5, 0.6) is 0 Å². The summed E-state index contributed by atoms with van der Waals surface area (Å²) in [7, 11) is -6.09. The molecule has 0 aliphatic heterocycles. The molecular weight excluding hydrogens is 266 g/mol. The van der Waals surface area contributed by atoms with E-state index >= 15 is 0 Å². The predicted octanol–water partition coefficient (Wildman–Crippen LogP) is 1.84. The molecule has 0 amide bonds. The van der Waals surface area contributed by atoms with Crippen LogP contribution in [0.1, 0.15) is 20.8 Å². The quantitative estimate of drug-likeness (QED) is 0.260. The van der Waals surface area contributed by atoms with Gasteiger partial charge in [0.25, 0.3) is 0 Å². The molecule has 0 aromatic carbocycles. The number of rotatable bonds is 4. The maximum atomic E-state index is 12.3. The molecular formula is C8H17F4NO3S. The van der Waals surface area contributed by atoms with Gasteiger partial charge in [0.2, 0.25) is 6.80 Å². The second-order valence-corrected chi connectivity index (χ2v) is 4.68. The van der Waals surface area contributed by atoms with E-state index in [1.165, 1.54) is 0 Å². The van der Waals surface area contributed by atoms with Crippen LogP contribution < -0.4 is 0 Å². The van der Waals surface area contributed by atoms with Gasteiger partial charge in [0.05, 0.1) is 19.6 Å². The van der Waals surface area contributed by atoms with Gasteiger partial charge < -0.3 is 4.55 Å². The van der Waals surface area contributed by atoms with Crippen molar-refractivity contribution in [1.29, 1.82) is 0 Å². The van der Waals surface area contributed by atoms with Crippen molar-refractivity contribution in [1.82, 2.24) is 0 Å². The third-order valence-electron chi connectivity index (χ3n) is 2.55. The van der Waals surface area contributed by atoms with Gasteiger partial charge in [0, 0.05) is 0 Å². The highest BCUT2D eigenvalue weighted by Crippen LogP contribution is 2.20. The molecule has 0 spiro atoms. The van der Waals surface area contributed by atoms with E-state index in [4.69, 9.17) is 13.0 Å². The van der Waals surface area contributed by atoms with Gasteiger partial charge >= 0.3 is 5.51 Å². The summed E-state index contributed by atoms with van der Waals surface area (Å²) in [6, 6.07) is 0. The van der Waals surface area contributed by atoms with Crippen molar-refractivity contribution < 1.29 is 35.0 Å². The van der Waals surface area contributed by atoms with Crippen LogP contribution in [0, 0.1) is 0 Å². The fourth-order valence-corrected chi connectivity index (χ4v) is 0.924. The zero-order valence-electron chi connectivity index (χ0n) is 9.92. The van der Waals surface area contributed by atoms with E-state index in [-0.39, 0.29) is 6.80 Å². The fourth-order valence-electron chi connectivity index (χ4n) is 0.924. The Kier molecular flexibility index (Phi) is 7.93. The van der Waals surface area contributed by atoms with Gasteiger partial charge in [-0.2, -0.15) is 17.6 Å². The molecule has 17 heavy (non-hydrogen) atoms. The zero-order valence-corrected chi connectivity index (χ0v) is 10.7. The molecule has 0 saturated carbocycles. The van der Waals surface area contributed by atoms with Crippen LogP contribution in [0.2, 0.25) is 0 Å². The molecule has 0 unspecified atom stereocenters. The van der Waals surface area contributed by atoms with E-state index in [9.17, 15) is 17.6 Å². The number of hydrogen-bond acceptors (Lipinski definition) is 3. The summed E-state index contributed by atoms with van der Waals surface area (Å²) >= 11 is 0. The molecule has 0 heterocycles. The summed E-state index contributed by atoms with van der Waals surface area (Å²) in [5.41, 5.74) is -5.65. The third kappa shape index (κ3) is 6.79. The van der Waals surface area contributed by atoms with Gasteiger partial charge in [-0.25, -0.2) is 8.42 Å². The SMILES string of the molecule is CC[N+](CC)(CC)CF.O=S(=O)([O-])C(F)(F)F. The second-order valence-electron chi connectivity index (χ2n) is 3.31. The maximum absolute atomic E-state index is 12.3. The van der Waals surface area contributed by atoms with Crippen LogP contribution in [0.25, 0.3) is 0 Å². The van der Waals surface area contributed by atoms with Crippen LogP contribution >= 0.6 is 0 Å². The molecule has 0 radical (unpaired) electrons. The van der Waals surface area contributed by atoms with Gasteiger partial charge in [-0.05, 0) is 20.8 Å². The first kappa shape index (κ1) is 18.9. The Morgan fingerprint density at radius 2 is 1.29 bits per heavy atom. The first-order valence-corrected chi connectivity index (χ1v) is 6.33. The van der Waals surface area contributed by atoms with Gasteiger partial charge in [0.1, 0.15) is 0 Å². The summed E-state index contributed by atoms with van der Waals surface area (Å²) in [6.45, 7) is 8.60. The van der Waals surface area contributed by atoms with Crippen molar-refractivity contribution in [2.45, 2.75) is 26.3 Å². The average Bonchev–Trinajstić information content (AvgIpc) is 2.20. The average molecular weight is 283 g/mol. The van der Waals surface area contributed by atoms with Crippen molar-refractivity contribution in [2.24, 2.45) is 0 Å². The molecule has 4 nitrogen and oxygen atoms in total. The molecule has 0 aliphatic rings. The molecule has 0 rings (SSSR count). The first-order valence-electron chi connectivity index (χ1n) is 4.92. The minimum absolute atomic E-state index is 0.219. The predicted molar refractivity (Wildman–Crippen MR) is 53.6 cm³/mol. The molecule has 0 fully saturated rings. The molecule has 0 aromatic heterocycles. The van der Waals surface area contributed by atoms with Crippen molar-refractivity contribution in [3.63, 3.8) is 0 Å². The Balaban J connectivity index is 0. The van der Waals surface area contributed by atoms with Crippen LogP contribution in [-0.2, 0) is 10.1 Å². The van der Waals surface area contributed by atoms with Crippen LogP contribution in [0.4, 0.5) is 17.6 Å². The van der Waals surface area contributed by atoms with Crippen LogP contribution in [0.3, 0.4) is 0 Å². The van der Waals surface area contributed by atoms with Crippen molar-refractivity contribution >= 4 is 10.1 Å². The monoisotopic (exact) mass is 283 g/mol. The Labute approximate surface area is 98.6 Å². The summed E-state index contributed by atoms with van der Waals surface area (Å²) in [4.78, 5) is 0. The highest BCUT2D eigenvalue weighted by molar-refractivity contribution is 7.86. The number of nitrogens with zero attached hydrogens (tertiary/aromatic N) is 1. The summed E-state index contributed by atoms with van der Waals surface area (Å²) in [5.74, 6) is 0. The van der Waals surface area contributed by atoms with E-state index in [1.54, 1.807) is 0 Å². The lowest BCUT2D eigenvalue weighted by atomic mass is 10.4. The van der Waals surface area contributed by atoms with E-state index in [1.807, 2.05) is 20.8 Å². The lowest BCUT2D eigenvalue weighted by molar-refractivity contribution is -0.934. The largest absolute Gasteiger partial charge is 0.741 e. The van der Waals surface area contributed by atoms with E-state index in [2.05, 4.69) is 0 Å². The first-order chi connectivity index (χ1) is 7.49. The van der Waals surface area contributed by atoms with Crippen LogP contribution in [-0.4, -0.2) is 49.4 Å². The summed E-state index contributed by atoms with van der Waals surface area (Å²) in [5, 5.41) is 0. The maximum Gasteiger partial charge on any atom is 0.485 e. The van der Waals surface area contributed by atoms with Gasteiger partial charge in [-0.15, -0.1) is 0 Å². The van der Waals surface area contributed by atoms with Crippen LogP contribution in [0.15, 0.2) is 0 Å². The summed E-state index contributed by atoms with van der Waals surface area (Å²) < 4.78 is 71.8. The standard InChI is InChI=1S/C7H17FN.CHF3O3S/c1-4-9(5-2,6-3)7-8;2-1(3,4)8(5,6)7/h4-7H2,1-3H3;(H,5,6,7)/q+1;/p-1. The fraction of sp³-hybridized carbons (Fsp3) is 1.00. The molecule has 0 saturated heterocycles. The van der Waals surface area contributed by atoms with Gasteiger partial charge in [-0.1, -0.05) is 0 Å². The molecule has 9 heteroatoms. The minimum Gasteiger partial charge on any atom is -0.741 e. The topological polar surface area (TPSA) is 57.2 Å². The minimum atomic E-state index is -6.09. The Morgan fingerprint density at radius 1 is 1.06 bits per heavy atom. The van der Waals surface area contributed by atoms with Crippen molar-refractivity contribution in [3.8, 4) is 0 Å². The summed E-state index contributed by atoms with van der Waals surface area (Å²) in [6.07, 6.45) is 0. The second kappa shape index (κ2) is 7.12. The molecule has 0 aliphatic carbocycles. The third-order valence-corrected chi connectivity index (χ3v) is 3.12. The Hall–Kier alpha value is -0.410. The van der Waals surface area contributed by atoms with Crippen molar-refractivity contribution in [2.75, 3.05) is 26.4 Å². The number of quaternary nitrogens is 1. The normalized spacial score (nSPS) is 12.9. The molecule has 0 aromatic rings. The highest BCUT2D eigenvalue weighted by atomic mass is 32.2. The smallest absolute Gasteiger partial charge is 0.485 e. The Bertz CT molecular complexity index is 281. The van der Waals surface area contributed by atoms with E-state index in [0.29, 0.717) is 4.48 Å². The highest BCUT2D eigenvalue weighted by Gasteiger charge is 2.36. The zero-order chi connectivity index (χ0) is 14.3. The number of hydrogen-bond donors (Lipinski definition) is 0. The van der Waals surface area contributed by atoms with E-state index < -0.39 is 15.6 Å². The van der Waals surface area contributed by atoms with Gasteiger partial charge in [-0.3, -0.25) is 4.48 Å². The van der Waals surface area contributed by atoms with Crippen molar-refractivity contribution in [3.05, 3.63) is 0 Å². The number of halogens is 4. The molecule has 0 bridgehead atoms.